The third kappa shape index (κ3) is 1.97. The van der Waals surface area contributed by atoms with Crippen LogP contribution in [0.2, 0.25) is 0 Å². The Kier molecular flexibility index (Phi) is 2.50. The molecule has 0 fully saturated rings. The lowest BCUT2D eigenvalue weighted by atomic mass is 10.2. The fourth-order valence-corrected chi connectivity index (χ4v) is 1.23. The molecule has 50 valence electrons. The minimum atomic E-state index is 1.14. The summed E-state index contributed by atoms with van der Waals surface area (Å²) in [5, 5.41) is 4.04. The monoisotopic (exact) mass is 236 g/mol. The van der Waals surface area contributed by atoms with Crippen LogP contribution in [0.1, 0.15) is 18.9 Å². The molecule has 9 heavy (non-hydrogen) atoms. The number of aryl methyl sites for hydroxylation is 1. The Morgan fingerprint density at radius 3 is 3.00 bits per heavy atom. The van der Waals surface area contributed by atoms with Crippen LogP contribution in [0.15, 0.2) is 12.4 Å². The van der Waals surface area contributed by atoms with Gasteiger partial charge in [-0.3, -0.25) is 0 Å². The Labute approximate surface area is 68.8 Å². The first-order valence-electron chi connectivity index (χ1n) is 3.02. The molecule has 0 saturated heterocycles. The van der Waals surface area contributed by atoms with Crippen LogP contribution >= 0.6 is 22.9 Å². The van der Waals surface area contributed by atoms with Crippen LogP contribution in [0.4, 0.5) is 0 Å². The lowest BCUT2D eigenvalue weighted by molar-refractivity contribution is 0.923. The van der Waals surface area contributed by atoms with E-state index in [0.29, 0.717) is 0 Å². The molecule has 1 aromatic rings. The molecule has 0 saturated carbocycles. The zero-order chi connectivity index (χ0) is 6.69. The molecule has 0 bridgehead atoms. The van der Waals surface area contributed by atoms with E-state index in [4.69, 9.17) is 0 Å². The minimum absolute atomic E-state index is 1.14. The standard InChI is InChI=1S/C6H9IN2/c1-2-3-6-4-8-9(7)5-6/h4-5H,2-3H2,1H3. The van der Waals surface area contributed by atoms with Gasteiger partial charge >= 0.3 is 0 Å². The Bertz CT molecular complexity index is 183. The summed E-state index contributed by atoms with van der Waals surface area (Å²) in [5.74, 6) is 0. The van der Waals surface area contributed by atoms with Gasteiger partial charge in [-0.1, -0.05) is 13.3 Å². The van der Waals surface area contributed by atoms with Crippen molar-refractivity contribution in [3.63, 3.8) is 0 Å². The summed E-state index contributed by atoms with van der Waals surface area (Å²) in [6, 6.07) is 0. The van der Waals surface area contributed by atoms with E-state index < -0.39 is 0 Å². The number of rotatable bonds is 2. The van der Waals surface area contributed by atoms with Crippen LogP contribution in [0.3, 0.4) is 0 Å². The second kappa shape index (κ2) is 3.20. The highest BCUT2D eigenvalue weighted by molar-refractivity contribution is 14.1. The van der Waals surface area contributed by atoms with Crippen molar-refractivity contribution in [3.8, 4) is 0 Å². The van der Waals surface area contributed by atoms with Crippen LogP contribution in [0, 0.1) is 0 Å². The molecule has 0 radical (unpaired) electrons. The summed E-state index contributed by atoms with van der Waals surface area (Å²) in [6.45, 7) is 2.17. The first-order chi connectivity index (χ1) is 4.33. The maximum Gasteiger partial charge on any atom is 0.0843 e. The molecular formula is C6H9IN2. The molecule has 0 unspecified atom stereocenters. The highest BCUT2D eigenvalue weighted by Crippen LogP contribution is 2.02. The molecule has 0 atom stereocenters. The van der Waals surface area contributed by atoms with E-state index in [2.05, 4.69) is 34.9 Å². The molecule has 0 aliphatic rings. The Morgan fingerprint density at radius 1 is 1.78 bits per heavy atom. The van der Waals surface area contributed by atoms with Crippen molar-refractivity contribution in [2.75, 3.05) is 0 Å². The first kappa shape index (κ1) is 7.05. The van der Waals surface area contributed by atoms with Crippen molar-refractivity contribution in [1.29, 1.82) is 0 Å². The van der Waals surface area contributed by atoms with Gasteiger partial charge in [-0.05, 0) is 12.0 Å². The Morgan fingerprint density at radius 2 is 2.56 bits per heavy atom. The van der Waals surface area contributed by atoms with Crippen LogP contribution < -0.4 is 0 Å². The normalized spacial score (nSPS) is 10.0. The van der Waals surface area contributed by atoms with Gasteiger partial charge in [0.1, 0.15) is 0 Å². The van der Waals surface area contributed by atoms with E-state index >= 15 is 0 Å². The fraction of sp³-hybridized carbons (Fsp3) is 0.500. The summed E-state index contributed by atoms with van der Waals surface area (Å²) < 4.78 is 1.81. The van der Waals surface area contributed by atoms with E-state index in [1.807, 2.05) is 15.3 Å². The van der Waals surface area contributed by atoms with E-state index in [9.17, 15) is 0 Å². The van der Waals surface area contributed by atoms with Crippen molar-refractivity contribution in [1.82, 2.24) is 7.99 Å². The van der Waals surface area contributed by atoms with Gasteiger partial charge in [-0.2, -0.15) is 5.10 Å². The van der Waals surface area contributed by atoms with Crippen LogP contribution in [0.25, 0.3) is 0 Å². The fourth-order valence-electron chi connectivity index (χ4n) is 0.751. The van der Waals surface area contributed by atoms with Crippen LogP contribution in [0.5, 0.6) is 0 Å². The lowest BCUT2D eigenvalue weighted by Gasteiger charge is -1.85. The smallest absolute Gasteiger partial charge is 0.0843 e. The van der Waals surface area contributed by atoms with E-state index in [-0.39, 0.29) is 0 Å². The van der Waals surface area contributed by atoms with Crippen molar-refractivity contribution in [2.45, 2.75) is 19.8 Å². The summed E-state index contributed by atoms with van der Waals surface area (Å²) in [4.78, 5) is 0. The maximum absolute atomic E-state index is 4.04. The van der Waals surface area contributed by atoms with Crippen molar-refractivity contribution in [3.05, 3.63) is 18.0 Å². The molecule has 2 nitrogen and oxygen atoms in total. The van der Waals surface area contributed by atoms with Crippen molar-refractivity contribution < 1.29 is 0 Å². The number of halogens is 1. The van der Waals surface area contributed by atoms with E-state index in [1.54, 1.807) is 0 Å². The Balaban J connectivity index is 2.61. The number of hydrogen-bond donors (Lipinski definition) is 0. The topological polar surface area (TPSA) is 17.8 Å². The molecule has 0 aliphatic heterocycles. The summed E-state index contributed by atoms with van der Waals surface area (Å²) in [5.41, 5.74) is 1.33. The second-order valence-corrected chi connectivity index (χ2v) is 2.98. The molecule has 1 aromatic heterocycles. The highest BCUT2D eigenvalue weighted by Gasteiger charge is 1.92. The SMILES string of the molecule is CCCc1cnn(I)c1. The van der Waals surface area contributed by atoms with E-state index in [1.165, 1.54) is 12.0 Å². The van der Waals surface area contributed by atoms with Crippen molar-refractivity contribution >= 4 is 22.9 Å². The van der Waals surface area contributed by atoms with Crippen LogP contribution in [-0.4, -0.2) is 7.99 Å². The van der Waals surface area contributed by atoms with Gasteiger partial charge in [0.2, 0.25) is 0 Å². The second-order valence-electron chi connectivity index (χ2n) is 1.99. The van der Waals surface area contributed by atoms with Gasteiger partial charge in [0.15, 0.2) is 0 Å². The summed E-state index contributed by atoms with van der Waals surface area (Å²) in [6.07, 6.45) is 6.30. The minimum Gasteiger partial charge on any atom is -0.211 e. The van der Waals surface area contributed by atoms with Gasteiger partial charge in [-0.25, -0.2) is 2.90 Å². The first-order valence-corrected chi connectivity index (χ1v) is 3.99. The number of aromatic nitrogens is 2. The molecule has 0 amide bonds. The van der Waals surface area contributed by atoms with Crippen molar-refractivity contribution in [2.24, 2.45) is 0 Å². The Hall–Kier alpha value is -0.0600. The molecule has 0 N–H and O–H groups in total. The third-order valence-corrected chi connectivity index (χ3v) is 1.67. The quantitative estimate of drug-likeness (QED) is 0.718. The molecule has 0 aliphatic carbocycles. The highest BCUT2D eigenvalue weighted by atomic mass is 127. The molecule has 1 rings (SSSR count). The largest absolute Gasteiger partial charge is 0.211 e. The molecule has 3 heteroatoms. The predicted octanol–water partition coefficient (Wildman–Crippen LogP) is 2.03. The van der Waals surface area contributed by atoms with Gasteiger partial charge in [0.05, 0.1) is 29.1 Å². The molecule has 1 heterocycles. The lowest BCUT2D eigenvalue weighted by Crippen LogP contribution is -1.76. The zero-order valence-electron chi connectivity index (χ0n) is 5.34. The third-order valence-electron chi connectivity index (χ3n) is 1.14. The molecule has 0 spiro atoms. The van der Waals surface area contributed by atoms with Gasteiger partial charge in [-0.15, -0.1) is 0 Å². The number of hydrogen-bond acceptors (Lipinski definition) is 1. The predicted molar refractivity (Wildman–Crippen MR) is 45.6 cm³/mol. The maximum atomic E-state index is 4.04. The molecule has 0 aromatic carbocycles. The van der Waals surface area contributed by atoms with Gasteiger partial charge in [0.25, 0.3) is 0 Å². The average molecular weight is 236 g/mol. The molecular weight excluding hydrogens is 227 g/mol. The zero-order valence-corrected chi connectivity index (χ0v) is 7.50. The number of nitrogens with zero attached hydrogens (tertiary/aromatic N) is 2. The van der Waals surface area contributed by atoms with Gasteiger partial charge in [0, 0.05) is 6.20 Å². The van der Waals surface area contributed by atoms with Crippen LogP contribution in [-0.2, 0) is 6.42 Å². The van der Waals surface area contributed by atoms with Gasteiger partial charge < -0.3 is 0 Å². The average Bonchev–Trinajstić information content (AvgIpc) is 2.17. The summed E-state index contributed by atoms with van der Waals surface area (Å²) in [7, 11) is 0. The summed E-state index contributed by atoms with van der Waals surface area (Å²) >= 11 is 2.15. The van der Waals surface area contributed by atoms with E-state index in [0.717, 1.165) is 6.42 Å².